The minimum atomic E-state index is -0.687. The molecule has 0 radical (unpaired) electrons. The second-order valence-corrected chi connectivity index (χ2v) is 8.52. The Morgan fingerprint density at radius 2 is 1.83 bits per heavy atom. The summed E-state index contributed by atoms with van der Waals surface area (Å²) in [4.78, 5) is 34.8. The molecule has 184 valence electrons. The smallest absolute Gasteiger partial charge is 0.269 e. The summed E-state index contributed by atoms with van der Waals surface area (Å²) in [5.74, 6) is 0.631. The molecule has 0 aliphatic heterocycles. The molecule has 3 aromatic rings. The van der Waals surface area contributed by atoms with Crippen molar-refractivity contribution in [2.24, 2.45) is 7.05 Å². The Kier molecular flexibility index (Phi) is 8.79. The van der Waals surface area contributed by atoms with Crippen LogP contribution in [0.25, 0.3) is 0 Å². The van der Waals surface area contributed by atoms with E-state index in [4.69, 9.17) is 4.74 Å². The number of benzene rings is 2. The van der Waals surface area contributed by atoms with Crippen LogP contribution in [0, 0.1) is 10.1 Å². The van der Waals surface area contributed by atoms with E-state index < -0.39 is 11.0 Å². The van der Waals surface area contributed by atoms with E-state index in [1.54, 1.807) is 18.5 Å². The van der Waals surface area contributed by atoms with E-state index in [1.165, 1.54) is 41.6 Å². The predicted octanol–water partition coefficient (Wildman–Crippen LogP) is 3.10. The van der Waals surface area contributed by atoms with Gasteiger partial charge in [0.05, 0.1) is 17.2 Å². The highest BCUT2D eigenvalue weighted by atomic mass is 32.2. The minimum absolute atomic E-state index is 0.0531. The molecule has 35 heavy (non-hydrogen) atoms. The van der Waals surface area contributed by atoms with Crippen LogP contribution in [0.5, 0.6) is 5.75 Å². The number of nitro groups is 1. The first-order valence-corrected chi connectivity index (χ1v) is 11.8. The monoisotopic (exact) mass is 498 g/mol. The van der Waals surface area contributed by atoms with Gasteiger partial charge in [0.15, 0.2) is 17.1 Å². The summed E-state index contributed by atoms with van der Waals surface area (Å²) in [6.07, 6.45) is 0.242. The van der Waals surface area contributed by atoms with Gasteiger partial charge in [0.2, 0.25) is 5.91 Å². The fraction of sp³-hybridized carbons (Fsp3) is 0.304. The fourth-order valence-corrected chi connectivity index (χ4v) is 3.72. The van der Waals surface area contributed by atoms with Crippen LogP contribution < -0.4 is 15.4 Å². The van der Waals surface area contributed by atoms with E-state index >= 15 is 0 Å². The van der Waals surface area contributed by atoms with Gasteiger partial charge in [0.25, 0.3) is 11.6 Å². The molecule has 0 saturated carbocycles. The zero-order chi connectivity index (χ0) is 25.4. The molecule has 2 aromatic carbocycles. The number of carbonyl (C=O) groups is 2. The molecule has 11 nitrogen and oxygen atoms in total. The Morgan fingerprint density at radius 3 is 2.46 bits per heavy atom. The number of thioether (sulfide) groups is 1. The first-order chi connectivity index (χ1) is 16.8. The van der Waals surface area contributed by atoms with Crippen LogP contribution >= 0.6 is 11.8 Å². The molecule has 1 atom stereocenters. The van der Waals surface area contributed by atoms with Crippen molar-refractivity contribution in [3.63, 3.8) is 0 Å². The standard InChI is InChI=1S/C23H26N6O5S/c1-4-16-5-11-19(12-6-16)34-15(2)22(31)24-13-20-26-27-23(28(20)3)35-14-21(30)25-17-7-9-18(10-8-17)29(32)33/h5-12,15H,4,13-14H2,1-3H3,(H,24,31)(H,25,30)/t15-/m1/s1. The van der Waals surface area contributed by atoms with Gasteiger partial charge >= 0.3 is 0 Å². The largest absolute Gasteiger partial charge is 0.481 e. The lowest BCUT2D eigenvalue weighted by atomic mass is 10.2. The molecule has 0 bridgehead atoms. The average molecular weight is 499 g/mol. The van der Waals surface area contributed by atoms with E-state index in [2.05, 4.69) is 27.8 Å². The van der Waals surface area contributed by atoms with E-state index in [0.717, 1.165) is 6.42 Å². The van der Waals surface area contributed by atoms with Gasteiger partial charge in [-0.1, -0.05) is 30.8 Å². The molecule has 0 unspecified atom stereocenters. The Balaban J connectivity index is 1.46. The maximum absolute atomic E-state index is 12.4. The molecule has 3 rings (SSSR count). The molecule has 1 aromatic heterocycles. The number of non-ortho nitro benzene ring substituents is 1. The van der Waals surface area contributed by atoms with Gasteiger partial charge < -0.3 is 19.9 Å². The van der Waals surface area contributed by atoms with E-state index in [-0.39, 0.29) is 29.8 Å². The van der Waals surface area contributed by atoms with Crippen molar-refractivity contribution >= 4 is 35.0 Å². The van der Waals surface area contributed by atoms with Gasteiger partial charge in [-0.25, -0.2) is 0 Å². The second kappa shape index (κ2) is 12.0. The first-order valence-electron chi connectivity index (χ1n) is 10.9. The van der Waals surface area contributed by atoms with Crippen molar-refractivity contribution < 1.29 is 19.2 Å². The normalized spacial score (nSPS) is 11.5. The lowest BCUT2D eigenvalue weighted by Gasteiger charge is -2.15. The zero-order valence-electron chi connectivity index (χ0n) is 19.6. The SMILES string of the molecule is CCc1ccc(O[C@H](C)C(=O)NCc2nnc(SCC(=O)Nc3ccc([N+](=O)[O-])cc3)n2C)cc1. The van der Waals surface area contributed by atoms with Crippen LogP contribution in [-0.4, -0.2) is 43.4 Å². The van der Waals surface area contributed by atoms with Gasteiger partial charge in [-0.15, -0.1) is 10.2 Å². The third kappa shape index (κ3) is 7.27. The van der Waals surface area contributed by atoms with Crippen molar-refractivity contribution in [2.45, 2.75) is 38.1 Å². The van der Waals surface area contributed by atoms with Crippen LogP contribution in [0.15, 0.2) is 53.7 Å². The molecular formula is C23H26N6O5S. The van der Waals surface area contributed by atoms with Gasteiger partial charge in [-0.3, -0.25) is 19.7 Å². The number of nitrogens with zero attached hydrogens (tertiary/aromatic N) is 4. The van der Waals surface area contributed by atoms with Crippen LogP contribution in [0.3, 0.4) is 0 Å². The van der Waals surface area contributed by atoms with Crippen LogP contribution in [0.1, 0.15) is 25.2 Å². The number of aromatic nitrogens is 3. The zero-order valence-corrected chi connectivity index (χ0v) is 20.4. The number of amides is 2. The summed E-state index contributed by atoms with van der Waals surface area (Å²) in [5.41, 5.74) is 1.59. The molecule has 0 spiro atoms. The summed E-state index contributed by atoms with van der Waals surface area (Å²) >= 11 is 1.18. The number of anilines is 1. The number of rotatable bonds is 11. The Bertz CT molecular complexity index is 1180. The quantitative estimate of drug-likeness (QED) is 0.233. The predicted molar refractivity (Wildman–Crippen MR) is 131 cm³/mol. The van der Waals surface area contributed by atoms with Crippen LogP contribution in [0.4, 0.5) is 11.4 Å². The number of nitro benzene ring substituents is 1. The summed E-state index contributed by atoms with van der Waals surface area (Å²) in [6.45, 7) is 3.89. The maximum atomic E-state index is 12.4. The number of aryl methyl sites for hydroxylation is 1. The van der Waals surface area contributed by atoms with Gasteiger partial charge in [0, 0.05) is 24.9 Å². The summed E-state index contributed by atoms with van der Waals surface area (Å²) < 4.78 is 7.39. The van der Waals surface area contributed by atoms with Crippen molar-refractivity contribution in [3.05, 3.63) is 70.0 Å². The topological polar surface area (TPSA) is 141 Å². The van der Waals surface area contributed by atoms with Gasteiger partial charge in [-0.2, -0.15) is 0 Å². The summed E-state index contributed by atoms with van der Waals surface area (Å²) in [7, 11) is 1.74. The first kappa shape index (κ1) is 25.7. The maximum Gasteiger partial charge on any atom is 0.269 e. The molecule has 0 fully saturated rings. The lowest BCUT2D eigenvalue weighted by Crippen LogP contribution is -2.36. The molecule has 2 amide bonds. The van der Waals surface area contributed by atoms with Gasteiger partial charge in [0.1, 0.15) is 5.75 Å². The summed E-state index contributed by atoms with van der Waals surface area (Å²) in [5, 5.41) is 24.8. The highest BCUT2D eigenvalue weighted by Gasteiger charge is 2.17. The van der Waals surface area contributed by atoms with Crippen molar-refractivity contribution in [1.29, 1.82) is 0 Å². The third-order valence-electron chi connectivity index (χ3n) is 5.05. The molecule has 0 saturated heterocycles. The van der Waals surface area contributed by atoms with E-state index in [9.17, 15) is 19.7 Å². The number of carbonyl (C=O) groups excluding carboxylic acids is 2. The van der Waals surface area contributed by atoms with Gasteiger partial charge in [-0.05, 0) is 43.2 Å². The third-order valence-corrected chi connectivity index (χ3v) is 6.07. The molecule has 2 N–H and O–H groups in total. The van der Waals surface area contributed by atoms with Crippen molar-refractivity contribution in [3.8, 4) is 5.75 Å². The summed E-state index contributed by atoms with van der Waals surface area (Å²) in [6, 6.07) is 13.2. The van der Waals surface area contributed by atoms with Crippen LogP contribution in [0.2, 0.25) is 0 Å². The highest BCUT2D eigenvalue weighted by molar-refractivity contribution is 7.99. The number of hydrogen-bond acceptors (Lipinski definition) is 8. The van der Waals surface area contributed by atoms with E-state index in [1.807, 2.05) is 24.3 Å². The Labute approximate surface area is 206 Å². The number of hydrogen-bond donors (Lipinski definition) is 2. The lowest BCUT2D eigenvalue weighted by molar-refractivity contribution is -0.384. The molecule has 0 aliphatic rings. The van der Waals surface area contributed by atoms with Crippen LogP contribution in [-0.2, 0) is 29.6 Å². The molecule has 0 aliphatic carbocycles. The molecule has 12 heteroatoms. The Hall–Kier alpha value is -3.93. The highest BCUT2D eigenvalue weighted by Crippen LogP contribution is 2.19. The second-order valence-electron chi connectivity index (χ2n) is 7.57. The van der Waals surface area contributed by atoms with E-state index in [0.29, 0.717) is 22.4 Å². The minimum Gasteiger partial charge on any atom is -0.481 e. The van der Waals surface area contributed by atoms with Crippen molar-refractivity contribution in [2.75, 3.05) is 11.1 Å². The molecular weight excluding hydrogens is 472 g/mol. The number of ether oxygens (including phenoxy) is 1. The molecule has 1 heterocycles. The fourth-order valence-electron chi connectivity index (χ4n) is 2.99. The van der Waals surface area contributed by atoms with Crippen molar-refractivity contribution in [1.82, 2.24) is 20.1 Å². The number of nitrogens with one attached hydrogen (secondary N) is 2. The average Bonchev–Trinajstić information content (AvgIpc) is 3.21. The Morgan fingerprint density at radius 1 is 1.14 bits per heavy atom.